The summed E-state index contributed by atoms with van der Waals surface area (Å²) in [6.45, 7) is 7.05. The molecule has 1 fully saturated rings. The van der Waals surface area contributed by atoms with E-state index in [-0.39, 0.29) is 6.10 Å². The number of aliphatic hydroxyl groups excluding tert-OH is 1. The number of rotatable bonds is 5. The van der Waals surface area contributed by atoms with Crippen molar-refractivity contribution in [2.45, 2.75) is 65.0 Å². The van der Waals surface area contributed by atoms with E-state index in [0.29, 0.717) is 6.04 Å². The van der Waals surface area contributed by atoms with Crippen molar-refractivity contribution in [1.29, 1.82) is 0 Å². The van der Waals surface area contributed by atoms with E-state index in [2.05, 4.69) is 41.4 Å². The van der Waals surface area contributed by atoms with Gasteiger partial charge in [-0.1, -0.05) is 6.92 Å². The highest BCUT2D eigenvalue weighted by Crippen LogP contribution is 2.25. The van der Waals surface area contributed by atoms with Gasteiger partial charge in [-0.2, -0.15) is 0 Å². The predicted octanol–water partition coefficient (Wildman–Crippen LogP) is 2.49. The molecule has 3 N–H and O–H groups in total. The molecule has 0 unspecified atom stereocenters. The lowest BCUT2D eigenvalue weighted by Crippen LogP contribution is -2.29. The molecule has 0 saturated heterocycles. The van der Waals surface area contributed by atoms with Crippen molar-refractivity contribution in [2.75, 3.05) is 17.2 Å². The second-order valence-electron chi connectivity index (χ2n) is 5.50. The van der Waals surface area contributed by atoms with E-state index < -0.39 is 0 Å². The van der Waals surface area contributed by atoms with Crippen LogP contribution in [0.1, 0.15) is 50.9 Å². The van der Waals surface area contributed by atoms with Crippen molar-refractivity contribution >= 4 is 11.6 Å². The minimum absolute atomic E-state index is 0.122. The standard InChI is InChI=1S/C15H26N4O/c1-4-13-18-14(16-5-2)10(3)15(19-13)17-11-6-8-12(20)9-7-11/h11-12,20H,4-9H2,1-3H3,(H2,16,17,18,19). The number of hydrogen-bond donors (Lipinski definition) is 3. The fourth-order valence-electron chi connectivity index (χ4n) is 2.61. The van der Waals surface area contributed by atoms with Gasteiger partial charge in [-0.25, -0.2) is 9.97 Å². The number of anilines is 2. The van der Waals surface area contributed by atoms with E-state index in [1.807, 2.05) is 0 Å². The Morgan fingerprint density at radius 1 is 1.10 bits per heavy atom. The van der Waals surface area contributed by atoms with Crippen LogP contribution in [0.2, 0.25) is 0 Å². The van der Waals surface area contributed by atoms with Crippen LogP contribution in [0.25, 0.3) is 0 Å². The minimum atomic E-state index is -0.122. The summed E-state index contributed by atoms with van der Waals surface area (Å²) < 4.78 is 0. The van der Waals surface area contributed by atoms with Crippen LogP contribution in [-0.4, -0.2) is 33.8 Å². The first-order valence-electron chi connectivity index (χ1n) is 7.70. The fourth-order valence-corrected chi connectivity index (χ4v) is 2.61. The number of nitrogens with one attached hydrogen (secondary N) is 2. The van der Waals surface area contributed by atoms with E-state index in [1.165, 1.54) is 0 Å². The molecule has 0 aromatic carbocycles. The van der Waals surface area contributed by atoms with Gasteiger partial charge in [0, 0.05) is 24.6 Å². The van der Waals surface area contributed by atoms with E-state index in [1.54, 1.807) is 0 Å². The predicted molar refractivity (Wildman–Crippen MR) is 82.2 cm³/mol. The molecule has 0 bridgehead atoms. The summed E-state index contributed by atoms with van der Waals surface area (Å²) in [7, 11) is 0. The first-order chi connectivity index (χ1) is 9.63. The summed E-state index contributed by atoms with van der Waals surface area (Å²) in [6, 6.07) is 0.409. The highest BCUT2D eigenvalue weighted by atomic mass is 16.3. The number of aliphatic hydroxyl groups is 1. The molecule has 0 amide bonds. The molecule has 1 aliphatic rings. The molecule has 1 aromatic rings. The third kappa shape index (κ3) is 3.60. The monoisotopic (exact) mass is 278 g/mol. The summed E-state index contributed by atoms with van der Waals surface area (Å²) in [5, 5.41) is 16.4. The molecule has 112 valence electrons. The van der Waals surface area contributed by atoms with Crippen LogP contribution in [0.5, 0.6) is 0 Å². The lowest BCUT2D eigenvalue weighted by atomic mass is 9.93. The third-order valence-electron chi connectivity index (χ3n) is 3.89. The molecule has 0 atom stereocenters. The normalized spacial score (nSPS) is 22.6. The smallest absolute Gasteiger partial charge is 0.134 e. The fraction of sp³-hybridized carbons (Fsp3) is 0.733. The molecule has 2 rings (SSSR count). The van der Waals surface area contributed by atoms with Crippen molar-refractivity contribution < 1.29 is 5.11 Å². The van der Waals surface area contributed by atoms with Crippen LogP contribution in [0.4, 0.5) is 11.6 Å². The molecule has 0 spiro atoms. The average molecular weight is 278 g/mol. The van der Waals surface area contributed by atoms with Gasteiger partial charge in [-0.05, 0) is 39.5 Å². The van der Waals surface area contributed by atoms with Gasteiger partial charge in [-0.3, -0.25) is 0 Å². The third-order valence-corrected chi connectivity index (χ3v) is 3.89. The highest BCUT2D eigenvalue weighted by molar-refractivity contribution is 5.57. The maximum absolute atomic E-state index is 9.58. The largest absolute Gasteiger partial charge is 0.393 e. The molecule has 0 aliphatic heterocycles. The van der Waals surface area contributed by atoms with Crippen LogP contribution in [0.15, 0.2) is 0 Å². The van der Waals surface area contributed by atoms with E-state index in [4.69, 9.17) is 0 Å². The van der Waals surface area contributed by atoms with Gasteiger partial charge < -0.3 is 15.7 Å². The second kappa shape index (κ2) is 6.88. The van der Waals surface area contributed by atoms with Gasteiger partial charge >= 0.3 is 0 Å². The molecule has 1 aliphatic carbocycles. The number of aryl methyl sites for hydroxylation is 1. The summed E-state index contributed by atoms with van der Waals surface area (Å²) in [4.78, 5) is 9.17. The molecule has 1 heterocycles. The van der Waals surface area contributed by atoms with E-state index in [9.17, 15) is 5.11 Å². The molecular formula is C15H26N4O. The lowest BCUT2D eigenvalue weighted by molar-refractivity contribution is 0.126. The molecule has 5 nitrogen and oxygen atoms in total. The van der Waals surface area contributed by atoms with Crippen molar-refractivity contribution in [3.05, 3.63) is 11.4 Å². The number of aromatic nitrogens is 2. The van der Waals surface area contributed by atoms with Crippen molar-refractivity contribution in [3.63, 3.8) is 0 Å². The van der Waals surface area contributed by atoms with Gasteiger partial charge in [-0.15, -0.1) is 0 Å². The Hall–Kier alpha value is -1.36. The quantitative estimate of drug-likeness (QED) is 0.772. The number of nitrogens with zero attached hydrogens (tertiary/aromatic N) is 2. The maximum Gasteiger partial charge on any atom is 0.134 e. The van der Waals surface area contributed by atoms with Crippen molar-refractivity contribution in [3.8, 4) is 0 Å². The van der Waals surface area contributed by atoms with Gasteiger partial charge in [0.2, 0.25) is 0 Å². The molecule has 20 heavy (non-hydrogen) atoms. The Kier molecular flexibility index (Phi) is 5.17. The summed E-state index contributed by atoms with van der Waals surface area (Å²) >= 11 is 0. The SMILES string of the molecule is CCNc1nc(CC)nc(NC2CCC(O)CC2)c1C. The Morgan fingerprint density at radius 3 is 2.35 bits per heavy atom. The van der Waals surface area contributed by atoms with Gasteiger partial charge in [0.25, 0.3) is 0 Å². The second-order valence-corrected chi connectivity index (χ2v) is 5.50. The summed E-state index contributed by atoms with van der Waals surface area (Å²) in [5.74, 6) is 2.73. The Bertz CT molecular complexity index is 442. The highest BCUT2D eigenvalue weighted by Gasteiger charge is 2.21. The Morgan fingerprint density at radius 2 is 1.75 bits per heavy atom. The van der Waals surface area contributed by atoms with Crippen LogP contribution < -0.4 is 10.6 Å². The number of hydrogen-bond acceptors (Lipinski definition) is 5. The van der Waals surface area contributed by atoms with Crippen LogP contribution >= 0.6 is 0 Å². The van der Waals surface area contributed by atoms with E-state index in [0.717, 1.165) is 61.7 Å². The molecule has 1 saturated carbocycles. The average Bonchev–Trinajstić information content (AvgIpc) is 2.45. The minimum Gasteiger partial charge on any atom is -0.393 e. The van der Waals surface area contributed by atoms with Gasteiger partial charge in [0.05, 0.1) is 6.10 Å². The van der Waals surface area contributed by atoms with Crippen LogP contribution in [0.3, 0.4) is 0 Å². The lowest BCUT2D eigenvalue weighted by Gasteiger charge is -2.27. The van der Waals surface area contributed by atoms with Gasteiger partial charge in [0.15, 0.2) is 0 Å². The summed E-state index contributed by atoms with van der Waals surface area (Å²) in [5.41, 5.74) is 1.08. The van der Waals surface area contributed by atoms with Crippen molar-refractivity contribution in [2.24, 2.45) is 0 Å². The topological polar surface area (TPSA) is 70.1 Å². The molecule has 5 heteroatoms. The van der Waals surface area contributed by atoms with Crippen LogP contribution in [-0.2, 0) is 6.42 Å². The van der Waals surface area contributed by atoms with E-state index >= 15 is 0 Å². The first-order valence-corrected chi connectivity index (χ1v) is 7.70. The Balaban J connectivity index is 2.15. The van der Waals surface area contributed by atoms with Gasteiger partial charge in [0.1, 0.15) is 17.5 Å². The van der Waals surface area contributed by atoms with Crippen LogP contribution in [0, 0.1) is 6.92 Å². The molecule has 1 aromatic heterocycles. The zero-order chi connectivity index (χ0) is 14.5. The van der Waals surface area contributed by atoms with Crippen molar-refractivity contribution in [1.82, 2.24) is 9.97 Å². The first kappa shape index (κ1) is 15.0. The molecule has 0 radical (unpaired) electrons. The summed E-state index contributed by atoms with van der Waals surface area (Å²) in [6.07, 6.45) is 4.47. The zero-order valence-electron chi connectivity index (χ0n) is 12.7. The maximum atomic E-state index is 9.58. The molecular weight excluding hydrogens is 252 g/mol. The Labute approximate surface area is 121 Å². The zero-order valence-corrected chi connectivity index (χ0v) is 12.7.